The van der Waals surface area contributed by atoms with Gasteiger partial charge in [-0.15, -0.1) is 11.3 Å². The van der Waals surface area contributed by atoms with E-state index in [2.05, 4.69) is 15.2 Å². The van der Waals surface area contributed by atoms with Crippen molar-refractivity contribution < 1.29 is 14.3 Å². The van der Waals surface area contributed by atoms with Gasteiger partial charge < -0.3 is 9.64 Å². The summed E-state index contributed by atoms with van der Waals surface area (Å²) in [5, 5.41) is 3.81. The molecule has 2 aliphatic carbocycles. The minimum absolute atomic E-state index is 0.0353. The van der Waals surface area contributed by atoms with Crippen molar-refractivity contribution in [3.05, 3.63) is 46.5 Å². The molecule has 6 nitrogen and oxygen atoms in total. The number of nitrogens with zero attached hydrogens (tertiary/aromatic N) is 2. The molecule has 0 bridgehead atoms. The monoisotopic (exact) mass is 469 g/mol. The Labute approximate surface area is 200 Å². The Morgan fingerprint density at radius 3 is 2.15 bits per heavy atom. The first-order valence-electron chi connectivity index (χ1n) is 12.4. The molecule has 178 valence electrons. The van der Waals surface area contributed by atoms with Gasteiger partial charge in [0.2, 0.25) is 0 Å². The SMILES string of the molecule is COC(=O)c1ccc(CCc2cnc(NC(=O)N(C3CCCCC3)C3CCCCC3)s2)cc1. The molecule has 2 aliphatic rings. The highest BCUT2D eigenvalue weighted by Crippen LogP contribution is 2.31. The molecule has 0 aliphatic heterocycles. The first-order valence-corrected chi connectivity index (χ1v) is 13.2. The third-order valence-electron chi connectivity index (χ3n) is 6.97. The van der Waals surface area contributed by atoms with Gasteiger partial charge in [0.15, 0.2) is 5.13 Å². The van der Waals surface area contributed by atoms with Crippen molar-refractivity contribution in [3.8, 4) is 0 Å². The van der Waals surface area contributed by atoms with Crippen LogP contribution >= 0.6 is 11.3 Å². The number of hydrogen-bond donors (Lipinski definition) is 1. The maximum Gasteiger partial charge on any atom is 0.337 e. The molecule has 1 aromatic carbocycles. The van der Waals surface area contributed by atoms with Crippen molar-refractivity contribution in [2.24, 2.45) is 0 Å². The van der Waals surface area contributed by atoms with Gasteiger partial charge >= 0.3 is 12.0 Å². The van der Waals surface area contributed by atoms with Crippen LogP contribution in [0.3, 0.4) is 0 Å². The Balaban J connectivity index is 1.35. The van der Waals surface area contributed by atoms with Crippen LogP contribution in [0.25, 0.3) is 0 Å². The molecule has 0 radical (unpaired) electrons. The van der Waals surface area contributed by atoms with Crippen molar-refractivity contribution in [3.63, 3.8) is 0 Å². The number of nitrogens with one attached hydrogen (secondary N) is 1. The summed E-state index contributed by atoms with van der Waals surface area (Å²) >= 11 is 1.56. The summed E-state index contributed by atoms with van der Waals surface area (Å²) in [4.78, 5) is 32.7. The fourth-order valence-corrected chi connectivity index (χ4v) is 5.98. The molecule has 0 saturated heterocycles. The van der Waals surface area contributed by atoms with E-state index in [1.165, 1.54) is 45.6 Å². The molecule has 0 unspecified atom stereocenters. The average molecular weight is 470 g/mol. The smallest absolute Gasteiger partial charge is 0.337 e. The summed E-state index contributed by atoms with van der Waals surface area (Å²) in [7, 11) is 1.39. The van der Waals surface area contributed by atoms with Gasteiger partial charge in [-0.25, -0.2) is 14.6 Å². The number of rotatable bonds is 7. The molecule has 1 aromatic heterocycles. The van der Waals surface area contributed by atoms with Gasteiger partial charge in [-0.1, -0.05) is 50.7 Å². The number of esters is 1. The fraction of sp³-hybridized carbons (Fsp3) is 0.577. The van der Waals surface area contributed by atoms with Crippen LogP contribution in [-0.2, 0) is 17.6 Å². The van der Waals surface area contributed by atoms with Crippen LogP contribution in [0, 0.1) is 0 Å². The maximum absolute atomic E-state index is 13.4. The number of benzene rings is 1. The molecule has 0 atom stereocenters. The predicted molar refractivity (Wildman–Crippen MR) is 132 cm³/mol. The Bertz CT molecular complexity index is 897. The zero-order valence-electron chi connectivity index (χ0n) is 19.6. The third kappa shape index (κ3) is 6.34. The third-order valence-corrected chi connectivity index (χ3v) is 7.95. The van der Waals surface area contributed by atoms with Gasteiger partial charge in [-0.3, -0.25) is 5.32 Å². The van der Waals surface area contributed by atoms with Crippen LogP contribution in [0.2, 0.25) is 0 Å². The van der Waals surface area contributed by atoms with E-state index in [0.29, 0.717) is 22.8 Å². The summed E-state index contributed by atoms with van der Waals surface area (Å²) in [5.41, 5.74) is 1.71. The van der Waals surface area contributed by atoms with Crippen LogP contribution in [0.5, 0.6) is 0 Å². The maximum atomic E-state index is 13.4. The molecular formula is C26H35N3O3S. The Morgan fingerprint density at radius 1 is 0.970 bits per heavy atom. The van der Waals surface area contributed by atoms with E-state index in [9.17, 15) is 9.59 Å². The number of methoxy groups -OCH3 is 1. The van der Waals surface area contributed by atoms with Crippen molar-refractivity contribution in [1.29, 1.82) is 0 Å². The molecule has 2 saturated carbocycles. The van der Waals surface area contributed by atoms with Crippen LogP contribution < -0.4 is 5.32 Å². The van der Waals surface area contributed by atoms with E-state index >= 15 is 0 Å². The summed E-state index contributed by atoms with van der Waals surface area (Å²) in [5.74, 6) is -0.320. The minimum atomic E-state index is -0.320. The lowest BCUT2D eigenvalue weighted by Gasteiger charge is -2.41. The van der Waals surface area contributed by atoms with Crippen molar-refractivity contribution in [1.82, 2.24) is 9.88 Å². The molecule has 1 heterocycles. The lowest BCUT2D eigenvalue weighted by Crippen LogP contribution is -2.50. The summed E-state index contributed by atoms with van der Waals surface area (Å²) in [6.07, 6.45) is 15.6. The number of hydrogen-bond acceptors (Lipinski definition) is 5. The van der Waals surface area contributed by atoms with Gasteiger partial charge in [-0.05, 0) is 56.2 Å². The Hall–Kier alpha value is -2.41. The fourth-order valence-electron chi connectivity index (χ4n) is 5.18. The number of amides is 2. The zero-order valence-corrected chi connectivity index (χ0v) is 20.4. The highest BCUT2D eigenvalue weighted by atomic mass is 32.1. The molecule has 2 amide bonds. The van der Waals surface area contributed by atoms with Gasteiger partial charge in [0, 0.05) is 23.2 Å². The standard InChI is InChI=1S/C26H35N3O3S/c1-32-24(30)20-15-12-19(13-16-20)14-17-23-18-27-25(33-23)28-26(31)29(21-8-4-2-5-9-21)22-10-6-3-7-11-22/h12-13,15-16,18,21-22H,2-11,14,17H2,1H3,(H,27,28,31). The second-order valence-electron chi connectivity index (χ2n) is 9.24. The van der Waals surface area contributed by atoms with Crippen molar-refractivity contribution in [2.45, 2.75) is 89.1 Å². The number of carbonyl (C=O) groups is 2. The van der Waals surface area contributed by atoms with E-state index in [0.717, 1.165) is 49.0 Å². The van der Waals surface area contributed by atoms with Crippen LogP contribution in [0.15, 0.2) is 30.5 Å². The molecule has 7 heteroatoms. The second-order valence-corrected chi connectivity index (χ2v) is 10.4. The first kappa shape index (κ1) is 23.7. The van der Waals surface area contributed by atoms with Crippen LogP contribution in [0.1, 0.15) is 85.0 Å². The van der Waals surface area contributed by atoms with E-state index in [1.54, 1.807) is 23.5 Å². The number of aromatic nitrogens is 1. The lowest BCUT2D eigenvalue weighted by atomic mass is 9.89. The van der Waals surface area contributed by atoms with E-state index in [-0.39, 0.29) is 12.0 Å². The van der Waals surface area contributed by atoms with E-state index in [1.807, 2.05) is 18.3 Å². The summed E-state index contributed by atoms with van der Waals surface area (Å²) in [6.45, 7) is 0. The van der Waals surface area contributed by atoms with Gasteiger partial charge in [-0.2, -0.15) is 0 Å². The Kier molecular flexibility index (Phi) is 8.37. The molecular weight excluding hydrogens is 434 g/mol. The molecule has 2 aromatic rings. The van der Waals surface area contributed by atoms with Crippen molar-refractivity contribution in [2.75, 3.05) is 12.4 Å². The van der Waals surface area contributed by atoms with Crippen LogP contribution in [0.4, 0.5) is 9.93 Å². The van der Waals surface area contributed by atoms with Crippen LogP contribution in [-0.4, -0.2) is 41.1 Å². The number of ether oxygens (including phenoxy) is 1. The molecule has 4 rings (SSSR count). The molecule has 2 fully saturated rings. The number of thiazole rings is 1. The average Bonchev–Trinajstić information content (AvgIpc) is 3.31. The lowest BCUT2D eigenvalue weighted by molar-refractivity contribution is 0.0600. The number of anilines is 1. The number of carbonyl (C=O) groups excluding carboxylic acids is 2. The highest BCUT2D eigenvalue weighted by molar-refractivity contribution is 7.15. The molecule has 33 heavy (non-hydrogen) atoms. The topological polar surface area (TPSA) is 71.5 Å². The summed E-state index contributed by atoms with van der Waals surface area (Å²) < 4.78 is 4.75. The normalized spacial score (nSPS) is 17.5. The second kappa shape index (κ2) is 11.6. The first-order chi connectivity index (χ1) is 16.1. The molecule has 0 spiro atoms. The minimum Gasteiger partial charge on any atom is -0.465 e. The highest BCUT2D eigenvalue weighted by Gasteiger charge is 2.32. The van der Waals surface area contributed by atoms with E-state index in [4.69, 9.17) is 4.74 Å². The van der Waals surface area contributed by atoms with Gasteiger partial charge in [0.05, 0.1) is 12.7 Å². The van der Waals surface area contributed by atoms with Gasteiger partial charge in [0.25, 0.3) is 0 Å². The number of aryl methyl sites for hydroxylation is 2. The number of urea groups is 1. The largest absolute Gasteiger partial charge is 0.465 e. The van der Waals surface area contributed by atoms with E-state index < -0.39 is 0 Å². The quantitative estimate of drug-likeness (QED) is 0.489. The van der Waals surface area contributed by atoms with Crippen molar-refractivity contribution >= 4 is 28.5 Å². The molecule has 1 N–H and O–H groups in total. The Morgan fingerprint density at radius 2 is 1.58 bits per heavy atom. The predicted octanol–water partition coefficient (Wildman–Crippen LogP) is 6.21. The zero-order chi connectivity index (χ0) is 23.0. The van der Waals surface area contributed by atoms with Gasteiger partial charge in [0.1, 0.15) is 0 Å². The summed E-state index contributed by atoms with van der Waals surface area (Å²) in [6, 6.07) is 8.29.